The first-order valence-electron chi connectivity index (χ1n) is 6.01. The molecule has 17 heavy (non-hydrogen) atoms. The van der Waals surface area contributed by atoms with Gasteiger partial charge in [-0.15, -0.1) is 0 Å². The Kier molecular flexibility index (Phi) is 6.43. The molecule has 6 nitrogen and oxygen atoms in total. The van der Waals surface area contributed by atoms with Crippen LogP contribution in [0.3, 0.4) is 0 Å². The molecule has 0 bridgehead atoms. The average molecular weight is 245 g/mol. The number of carbonyl (C=O) groups excluding carboxylic acids is 1. The summed E-state index contributed by atoms with van der Waals surface area (Å²) in [5, 5.41) is 6.08. The van der Waals surface area contributed by atoms with Gasteiger partial charge in [0.2, 0.25) is 5.91 Å². The number of nitrogens with zero attached hydrogens (tertiary/aromatic N) is 1. The first kappa shape index (κ1) is 14.4. The van der Waals surface area contributed by atoms with Gasteiger partial charge in [-0.25, -0.2) is 0 Å². The third-order valence-corrected chi connectivity index (χ3v) is 2.92. The first-order chi connectivity index (χ1) is 8.22. The lowest BCUT2D eigenvalue weighted by atomic mass is 10.1. The maximum absolute atomic E-state index is 11.9. The molecule has 0 aromatic rings. The number of carbonyl (C=O) groups is 1. The van der Waals surface area contributed by atoms with Crippen LogP contribution < -0.4 is 10.6 Å². The summed E-state index contributed by atoms with van der Waals surface area (Å²) in [6, 6.07) is -0.142. The van der Waals surface area contributed by atoms with Crippen LogP contribution in [-0.4, -0.2) is 70.1 Å². The Morgan fingerprint density at radius 1 is 1.53 bits per heavy atom. The van der Waals surface area contributed by atoms with Gasteiger partial charge < -0.3 is 20.1 Å². The molecule has 2 N–H and O–H groups in total. The molecule has 1 heterocycles. The number of nitrogens with one attached hydrogen (secondary N) is 2. The summed E-state index contributed by atoms with van der Waals surface area (Å²) < 4.78 is 10.3. The topological polar surface area (TPSA) is 62.8 Å². The van der Waals surface area contributed by atoms with Crippen LogP contribution in [0.2, 0.25) is 0 Å². The summed E-state index contributed by atoms with van der Waals surface area (Å²) in [6.45, 7) is 5.57. The molecule has 1 unspecified atom stereocenters. The third-order valence-electron chi connectivity index (χ3n) is 2.92. The minimum atomic E-state index is -0.287. The van der Waals surface area contributed by atoms with Crippen LogP contribution >= 0.6 is 0 Å². The molecule has 1 rings (SSSR count). The van der Waals surface area contributed by atoms with Gasteiger partial charge in [0.25, 0.3) is 0 Å². The zero-order valence-corrected chi connectivity index (χ0v) is 10.9. The van der Waals surface area contributed by atoms with E-state index in [1.54, 1.807) is 14.2 Å². The Labute approximate surface area is 103 Å². The first-order valence-corrected chi connectivity index (χ1v) is 6.01. The summed E-state index contributed by atoms with van der Waals surface area (Å²) in [7, 11) is 3.22. The van der Waals surface area contributed by atoms with E-state index in [9.17, 15) is 4.79 Å². The number of piperazine rings is 1. The van der Waals surface area contributed by atoms with Crippen molar-refractivity contribution < 1.29 is 14.3 Å². The van der Waals surface area contributed by atoms with E-state index in [0.717, 1.165) is 13.1 Å². The normalized spacial score (nSPS) is 21.8. The second-order valence-corrected chi connectivity index (χ2v) is 4.01. The molecule has 6 heteroatoms. The van der Waals surface area contributed by atoms with E-state index in [1.807, 2.05) is 6.92 Å². The van der Waals surface area contributed by atoms with Crippen LogP contribution in [0.1, 0.15) is 6.92 Å². The Balaban J connectivity index is 2.55. The van der Waals surface area contributed by atoms with Crippen LogP contribution in [0.5, 0.6) is 0 Å². The van der Waals surface area contributed by atoms with Gasteiger partial charge in [-0.3, -0.25) is 9.69 Å². The number of amides is 1. The summed E-state index contributed by atoms with van der Waals surface area (Å²) >= 11 is 0. The summed E-state index contributed by atoms with van der Waals surface area (Å²) in [5.74, 6) is 0.0608. The molecule has 0 aromatic heterocycles. The van der Waals surface area contributed by atoms with Crippen molar-refractivity contribution in [3.05, 3.63) is 0 Å². The quantitative estimate of drug-likeness (QED) is 0.589. The van der Waals surface area contributed by atoms with Crippen LogP contribution in [0.25, 0.3) is 0 Å². The Bertz CT molecular complexity index is 234. The van der Waals surface area contributed by atoms with Gasteiger partial charge in [-0.1, -0.05) is 0 Å². The van der Waals surface area contributed by atoms with E-state index in [4.69, 9.17) is 9.47 Å². The van der Waals surface area contributed by atoms with Crippen LogP contribution in [0.4, 0.5) is 0 Å². The monoisotopic (exact) mass is 245 g/mol. The zero-order chi connectivity index (χ0) is 12.7. The van der Waals surface area contributed by atoms with Gasteiger partial charge in [0.05, 0.1) is 6.54 Å². The standard InChI is InChI=1S/C11H23N3O3/c1-4-13-11(15)9-7-12-5-6-14(9)8-10(16-2)17-3/h9-10,12H,4-8H2,1-3H3,(H,13,15). The molecule has 0 aliphatic carbocycles. The molecule has 1 saturated heterocycles. The molecule has 0 saturated carbocycles. The maximum Gasteiger partial charge on any atom is 0.238 e. The maximum atomic E-state index is 11.9. The molecule has 1 fully saturated rings. The number of methoxy groups -OCH3 is 2. The molecular formula is C11H23N3O3. The molecule has 0 spiro atoms. The van der Waals surface area contributed by atoms with E-state index in [0.29, 0.717) is 19.6 Å². The number of likely N-dealkylation sites (N-methyl/N-ethyl adjacent to an activating group) is 1. The van der Waals surface area contributed by atoms with Gasteiger partial charge in [-0.2, -0.15) is 0 Å². The van der Waals surface area contributed by atoms with Crippen LogP contribution in [0.15, 0.2) is 0 Å². The van der Waals surface area contributed by atoms with Gasteiger partial charge in [0, 0.05) is 40.4 Å². The second kappa shape index (κ2) is 7.60. The lowest BCUT2D eigenvalue weighted by Gasteiger charge is -2.36. The Morgan fingerprint density at radius 2 is 2.24 bits per heavy atom. The highest BCUT2D eigenvalue weighted by Crippen LogP contribution is 2.06. The molecule has 0 radical (unpaired) electrons. The van der Waals surface area contributed by atoms with Crippen molar-refractivity contribution in [2.75, 3.05) is 46.9 Å². The van der Waals surface area contributed by atoms with Gasteiger partial charge >= 0.3 is 0 Å². The summed E-state index contributed by atoms with van der Waals surface area (Å²) in [6.07, 6.45) is -0.287. The highest BCUT2D eigenvalue weighted by Gasteiger charge is 2.29. The molecule has 1 amide bonds. The molecule has 1 atom stereocenters. The number of hydrogen-bond acceptors (Lipinski definition) is 5. The second-order valence-electron chi connectivity index (χ2n) is 4.01. The van der Waals surface area contributed by atoms with Gasteiger partial charge in [0.1, 0.15) is 6.04 Å². The van der Waals surface area contributed by atoms with Crippen molar-refractivity contribution in [2.24, 2.45) is 0 Å². The van der Waals surface area contributed by atoms with Crippen molar-refractivity contribution in [1.29, 1.82) is 0 Å². The highest BCUT2D eigenvalue weighted by molar-refractivity contribution is 5.82. The fourth-order valence-electron chi connectivity index (χ4n) is 1.95. The lowest BCUT2D eigenvalue weighted by Crippen LogP contribution is -2.59. The van der Waals surface area contributed by atoms with E-state index in [1.165, 1.54) is 0 Å². The minimum absolute atomic E-state index is 0.0608. The average Bonchev–Trinajstić information content (AvgIpc) is 2.36. The molecular weight excluding hydrogens is 222 g/mol. The van der Waals surface area contributed by atoms with E-state index >= 15 is 0 Å². The molecule has 100 valence electrons. The van der Waals surface area contributed by atoms with Crippen molar-refractivity contribution in [3.8, 4) is 0 Å². The summed E-state index contributed by atoms with van der Waals surface area (Å²) in [5.41, 5.74) is 0. The lowest BCUT2D eigenvalue weighted by molar-refractivity contribution is -0.137. The number of rotatable bonds is 6. The molecule has 0 aromatic carbocycles. The van der Waals surface area contributed by atoms with Gasteiger partial charge in [0.15, 0.2) is 6.29 Å². The van der Waals surface area contributed by atoms with Crippen molar-refractivity contribution in [3.63, 3.8) is 0 Å². The summed E-state index contributed by atoms with van der Waals surface area (Å²) in [4.78, 5) is 14.0. The van der Waals surface area contributed by atoms with Crippen LogP contribution in [-0.2, 0) is 14.3 Å². The predicted molar refractivity (Wildman–Crippen MR) is 64.7 cm³/mol. The minimum Gasteiger partial charge on any atom is -0.355 e. The Morgan fingerprint density at radius 3 is 2.82 bits per heavy atom. The van der Waals surface area contributed by atoms with E-state index < -0.39 is 0 Å². The number of ether oxygens (including phenoxy) is 2. The van der Waals surface area contributed by atoms with Gasteiger partial charge in [-0.05, 0) is 6.92 Å². The fourth-order valence-corrected chi connectivity index (χ4v) is 1.95. The smallest absolute Gasteiger partial charge is 0.238 e. The third kappa shape index (κ3) is 4.23. The van der Waals surface area contributed by atoms with Crippen molar-refractivity contribution in [2.45, 2.75) is 19.3 Å². The SMILES string of the molecule is CCNC(=O)C1CNCCN1CC(OC)OC. The van der Waals surface area contributed by atoms with E-state index in [-0.39, 0.29) is 18.2 Å². The number of hydrogen-bond donors (Lipinski definition) is 2. The van der Waals surface area contributed by atoms with Crippen molar-refractivity contribution in [1.82, 2.24) is 15.5 Å². The Hall–Kier alpha value is -0.690. The van der Waals surface area contributed by atoms with Crippen LogP contribution in [0, 0.1) is 0 Å². The van der Waals surface area contributed by atoms with Crippen molar-refractivity contribution >= 4 is 5.91 Å². The largest absolute Gasteiger partial charge is 0.355 e. The fraction of sp³-hybridized carbons (Fsp3) is 0.909. The highest BCUT2D eigenvalue weighted by atomic mass is 16.7. The zero-order valence-electron chi connectivity index (χ0n) is 10.9. The predicted octanol–water partition coefficient (Wildman–Crippen LogP) is -0.985. The molecule has 1 aliphatic rings. The van der Waals surface area contributed by atoms with E-state index in [2.05, 4.69) is 15.5 Å². The molecule has 1 aliphatic heterocycles.